The molecule has 6 nitrogen and oxygen atoms in total. The maximum atomic E-state index is 11.6. The van der Waals surface area contributed by atoms with Crippen LogP contribution < -0.4 is 5.32 Å². The van der Waals surface area contributed by atoms with Crippen LogP contribution in [0.3, 0.4) is 0 Å². The van der Waals surface area contributed by atoms with Gasteiger partial charge in [0, 0.05) is 26.1 Å². The quantitative estimate of drug-likeness (QED) is 0.693. The highest BCUT2D eigenvalue weighted by molar-refractivity contribution is 5.86. The fourth-order valence-electron chi connectivity index (χ4n) is 1.55. The summed E-state index contributed by atoms with van der Waals surface area (Å²) in [5.74, 6) is -1.26. The summed E-state index contributed by atoms with van der Waals surface area (Å²) in [5.41, 5.74) is -1.21. The first-order valence-corrected chi connectivity index (χ1v) is 5.76. The molecule has 1 heterocycles. The zero-order chi connectivity index (χ0) is 12.9. The largest absolute Gasteiger partial charge is 0.480 e. The Hall–Kier alpha value is -1.14. The number of rotatable bonds is 5. The van der Waals surface area contributed by atoms with Gasteiger partial charge >= 0.3 is 5.97 Å². The standard InChI is InChI=1S/C11H20N2O4/c1-11(2,10(15)16)12-9(14)3-4-13-5-7-17-8-6-13/h3-8H2,1-2H3,(H,12,14)(H,15,16). The molecule has 0 spiro atoms. The van der Waals surface area contributed by atoms with E-state index in [1.807, 2.05) is 0 Å². The van der Waals surface area contributed by atoms with Crippen LogP contribution >= 0.6 is 0 Å². The van der Waals surface area contributed by atoms with Gasteiger partial charge in [-0.05, 0) is 13.8 Å². The van der Waals surface area contributed by atoms with Crippen molar-refractivity contribution in [3.05, 3.63) is 0 Å². The van der Waals surface area contributed by atoms with Crippen LogP contribution in [0.25, 0.3) is 0 Å². The molecule has 0 atom stereocenters. The second kappa shape index (κ2) is 5.97. The van der Waals surface area contributed by atoms with Crippen LogP contribution in [-0.4, -0.2) is 60.3 Å². The second-order valence-corrected chi connectivity index (χ2v) is 4.68. The molecule has 98 valence electrons. The topological polar surface area (TPSA) is 78.9 Å². The number of carboxylic acids is 1. The molecule has 6 heteroatoms. The van der Waals surface area contributed by atoms with Crippen molar-refractivity contribution in [1.29, 1.82) is 0 Å². The van der Waals surface area contributed by atoms with Crippen LogP contribution in [0.5, 0.6) is 0 Å². The molecule has 0 aliphatic carbocycles. The van der Waals surface area contributed by atoms with Crippen LogP contribution in [0.15, 0.2) is 0 Å². The number of nitrogens with one attached hydrogen (secondary N) is 1. The lowest BCUT2D eigenvalue weighted by molar-refractivity contribution is -0.146. The van der Waals surface area contributed by atoms with E-state index in [-0.39, 0.29) is 5.91 Å². The van der Waals surface area contributed by atoms with E-state index in [9.17, 15) is 9.59 Å². The third-order valence-electron chi connectivity index (χ3n) is 2.75. The van der Waals surface area contributed by atoms with E-state index >= 15 is 0 Å². The zero-order valence-electron chi connectivity index (χ0n) is 10.4. The van der Waals surface area contributed by atoms with E-state index in [1.54, 1.807) is 0 Å². The van der Waals surface area contributed by atoms with Crippen LogP contribution in [0.4, 0.5) is 0 Å². The summed E-state index contributed by atoms with van der Waals surface area (Å²) in [6.45, 7) is 6.64. The third-order valence-corrected chi connectivity index (χ3v) is 2.75. The van der Waals surface area contributed by atoms with Gasteiger partial charge in [-0.3, -0.25) is 9.69 Å². The van der Waals surface area contributed by atoms with Gasteiger partial charge in [-0.1, -0.05) is 0 Å². The van der Waals surface area contributed by atoms with Gasteiger partial charge in [0.15, 0.2) is 0 Å². The number of carboxylic acid groups (broad SMARTS) is 1. The summed E-state index contributed by atoms with van der Waals surface area (Å²) in [5, 5.41) is 11.4. The number of amides is 1. The van der Waals surface area contributed by atoms with E-state index in [0.29, 0.717) is 26.2 Å². The highest BCUT2D eigenvalue weighted by Crippen LogP contribution is 2.03. The fraction of sp³-hybridized carbons (Fsp3) is 0.818. The summed E-state index contributed by atoms with van der Waals surface area (Å²) in [7, 11) is 0. The molecule has 0 radical (unpaired) electrons. The van der Waals surface area contributed by atoms with Crippen LogP contribution in [-0.2, 0) is 14.3 Å². The molecule has 0 unspecified atom stereocenters. The minimum Gasteiger partial charge on any atom is -0.480 e. The number of carbonyl (C=O) groups excluding carboxylic acids is 1. The van der Waals surface area contributed by atoms with Gasteiger partial charge in [-0.2, -0.15) is 0 Å². The van der Waals surface area contributed by atoms with Crippen molar-refractivity contribution < 1.29 is 19.4 Å². The van der Waals surface area contributed by atoms with Gasteiger partial charge in [0.25, 0.3) is 0 Å². The lowest BCUT2D eigenvalue weighted by Gasteiger charge is -2.27. The predicted molar refractivity (Wildman–Crippen MR) is 61.7 cm³/mol. The second-order valence-electron chi connectivity index (χ2n) is 4.68. The molecule has 1 saturated heterocycles. The molecule has 1 fully saturated rings. The molecule has 1 aliphatic heterocycles. The van der Waals surface area contributed by atoms with Gasteiger partial charge in [0.05, 0.1) is 13.2 Å². The molecule has 0 saturated carbocycles. The van der Waals surface area contributed by atoms with Gasteiger partial charge < -0.3 is 15.2 Å². The first-order valence-electron chi connectivity index (χ1n) is 5.76. The van der Waals surface area contributed by atoms with E-state index in [0.717, 1.165) is 13.1 Å². The molecule has 0 aromatic heterocycles. The van der Waals surface area contributed by atoms with E-state index in [4.69, 9.17) is 9.84 Å². The van der Waals surface area contributed by atoms with Crippen molar-refractivity contribution in [3.63, 3.8) is 0 Å². The minimum atomic E-state index is -1.21. The summed E-state index contributed by atoms with van der Waals surface area (Å²) >= 11 is 0. The molecular formula is C11H20N2O4. The number of morpholine rings is 1. The molecule has 17 heavy (non-hydrogen) atoms. The first-order chi connectivity index (χ1) is 7.92. The molecule has 2 N–H and O–H groups in total. The minimum absolute atomic E-state index is 0.233. The lowest BCUT2D eigenvalue weighted by atomic mass is 10.1. The Morgan fingerprint density at radius 2 is 1.94 bits per heavy atom. The molecular weight excluding hydrogens is 224 g/mol. The normalized spacial score (nSPS) is 17.8. The number of hydrogen-bond acceptors (Lipinski definition) is 4. The van der Waals surface area contributed by atoms with E-state index < -0.39 is 11.5 Å². The van der Waals surface area contributed by atoms with Crippen molar-refractivity contribution >= 4 is 11.9 Å². The van der Waals surface area contributed by atoms with Crippen molar-refractivity contribution in [3.8, 4) is 0 Å². The summed E-state index contributed by atoms with van der Waals surface area (Å²) in [6, 6.07) is 0. The number of carbonyl (C=O) groups is 2. The number of aliphatic carboxylic acids is 1. The van der Waals surface area contributed by atoms with Crippen LogP contribution in [0.1, 0.15) is 20.3 Å². The Morgan fingerprint density at radius 3 is 2.47 bits per heavy atom. The first kappa shape index (κ1) is 13.9. The Bertz CT molecular complexity index is 285. The maximum absolute atomic E-state index is 11.6. The SMILES string of the molecule is CC(C)(NC(=O)CCN1CCOCC1)C(=O)O. The molecule has 1 aliphatic rings. The van der Waals surface area contributed by atoms with Crippen molar-refractivity contribution in [2.45, 2.75) is 25.8 Å². The summed E-state index contributed by atoms with van der Waals surface area (Å²) in [4.78, 5) is 24.5. The van der Waals surface area contributed by atoms with Gasteiger partial charge in [-0.25, -0.2) is 4.79 Å². The maximum Gasteiger partial charge on any atom is 0.328 e. The number of nitrogens with zero attached hydrogens (tertiary/aromatic N) is 1. The smallest absolute Gasteiger partial charge is 0.328 e. The van der Waals surface area contributed by atoms with E-state index in [1.165, 1.54) is 13.8 Å². The molecule has 0 bridgehead atoms. The third kappa shape index (κ3) is 4.70. The molecule has 0 aromatic rings. The van der Waals surface area contributed by atoms with Crippen LogP contribution in [0.2, 0.25) is 0 Å². The highest BCUT2D eigenvalue weighted by atomic mass is 16.5. The highest BCUT2D eigenvalue weighted by Gasteiger charge is 2.28. The van der Waals surface area contributed by atoms with Gasteiger partial charge in [0.1, 0.15) is 5.54 Å². The number of ether oxygens (including phenoxy) is 1. The molecule has 1 amide bonds. The molecule has 0 aromatic carbocycles. The Morgan fingerprint density at radius 1 is 1.35 bits per heavy atom. The Labute approximate surface area is 101 Å². The van der Waals surface area contributed by atoms with Gasteiger partial charge in [-0.15, -0.1) is 0 Å². The molecule has 1 rings (SSSR count). The average molecular weight is 244 g/mol. The fourth-order valence-corrected chi connectivity index (χ4v) is 1.55. The Balaban J connectivity index is 2.27. The van der Waals surface area contributed by atoms with Crippen molar-refractivity contribution in [2.24, 2.45) is 0 Å². The monoisotopic (exact) mass is 244 g/mol. The average Bonchev–Trinajstić information content (AvgIpc) is 2.27. The van der Waals surface area contributed by atoms with Gasteiger partial charge in [0.2, 0.25) is 5.91 Å². The lowest BCUT2D eigenvalue weighted by Crippen LogP contribution is -2.50. The number of hydrogen-bond donors (Lipinski definition) is 2. The van der Waals surface area contributed by atoms with Crippen molar-refractivity contribution in [1.82, 2.24) is 10.2 Å². The van der Waals surface area contributed by atoms with E-state index in [2.05, 4.69) is 10.2 Å². The van der Waals surface area contributed by atoms with Crippen LogP contribution in [0, 0.1) is 0 Å². The Kier molecular flexibility index (Phi) is 4.89. The van der Waals surface area contributed by atoms with Crippen molar-refractivity contribution in [2.75, 3.05) is 32.8 Å². The summed E-state index contributed by atoms with van der Waals surface area (Å²) < 4.78 is 5.20. The predicted octanol–water partition coefficient (Wildman–Crippen LogP) is -0.312. The summed E-state index contributed by atoms with van der Waals surface area (Å²) in [6.07, 6.45) is 0.316. The zero-order valence-corrected chi connectivity index (χ0v) is 10.4.